The molecule has 1 aromatic rings. The van der Waals surface area contributed by atoms with Gasteiger partial charge < -0.3 is 10.6 Å². The third kappa shape index (κ3) is 4.55. The Kier molecular flexibility index (Phi) is 5.35. The molecule has 0 aliphatic carbocycles. The second kappa shape index (κ2) is 6.56. The lowest BCUT2D eigenvalue weighted by Crippen LogP contribution is -2.26. The van der Waals surface area contributed by atoms with Crippen molar-refractivity contribution in [3.63, 3.8) is 0 Å². The number of benzene rings is 1. The number of alkyl halides is 3. The first kappa shape index (κ1) is 15.5. The van der Waals surface area contributed by atoms with E-state index >= 15 is 0 Å². The lowest BCUT2D eigenvalue weighted by Gasteiger charge is -2.18. The Bertz CT molecular complexity index is 415. The van der Waals surface area contributed by atoms with Crippen molar-refractivity contribution >= 4 is 11.6 Å². The molecule has 1 amide bonds. The molecule has 0 aromatic heterocycles. The fraction of sp³-hybridized carbons (Fsp3) is 0.462. The number of nitrogens with zero attached hydrogens (tertiary/aromatic N) is 1. The molecule has 0 bridgehead atoms. The molecule has 0 aliphatic heterocycles. The summed E-state index contributed by atoms with van der Waals surface area (Å²) in [5.74, 6) is -0.131. The Labute approximate surface area is 110 Å². The molecule has 3 nitrogen and oxygen atoms in total. The Hall–Kier alpha value is -1.56. The monoisotopic (exact) mass is 274 g/mol. The maximum Gasteiger partial charge on any atom is 0.416 e. The zero-order chi connectivity index (χ0) is 14.5. The SMILES string of the molecule is CN(C(=O)CCCCN)c1ccc(C(F)(F)F)cc1. The van der Waals surface area contributed by atoms with Gasteiger partial charge in [0.15, 0.2) is 0 Å². The Morgan fingerprint density at radius 2 is 1.79 bits per heavy atom. The Morgan fingerprint density at radius 3 is 2.26 bits per heavy atom. The summed E-state index contributed by atoms with van der Waals surface area (Å²) in [6.45, 7) is 0.525. The highest BCUT2D eigenvalue weighted by atomic mass is 19.4. The van der Waals surface area contributed by atoms with Gasteiger partial charge in [-0.3, -0.25) is 4.79 Å². The Morgan fingerprint density at radius 1 is 1.21 bits per heavy atom. The quantitative estimate of drug-likeness (QED) is 0.839. The highest BCUT2D eigenvalue weighted by Crippen LogP contribution is 2.30. The van der Waals surface area contributed by atoms with E-state index in [1.54, 1.807) is 7.05 Å². The average molecular weight is 274 g/mol. The highest BCUT2D eigenvalue weighted by Gasteiger charge is 2.30. The molecule has 1 rings (SSSR count). The van der Waals surface area contributed by atoms with Crippen molar-refractivity contribution in [2.45, 2.75) is 25.4 Å². The minimum Gasteiger partial charge on any atom is -0.330 e. The molecule has 106 valence electrons. The predicted octanol–water partition coefficient (Wildman–Crippen LogP) is 2.80. The van der Waals surface area contributed by atoms with E-state index in [1.807, 2.05) is 0 Å². The van der Waals surface area contributed by atoms with Crippen molar-refractivity contribution in [3.05, 3.63) is 29.8 Å². The summed E-state index contributed by atoms with van der Waals surface area (Å²) in [7, 11) is 1.55. The highest BCUT2D eigenvalue weighted by molar-refractivity contribution is 5.92. The van der Waals surface area contributed by atoms with Crippen molar-refractivity contribution in [1.82, 2.24) is 0 Å². The van der Waals surface area contributed by atoms with E-state index in [0.717, 1.165) is 18.6 Å². The largest absolute Gasteiger partial charge is 0.416 e. The van der Waals surface area contributed by atoms with Crippen LogP contribution in [0, 0.1) is 0 Å². The van der Waals surface area contributed by atoms with Crippen molar-refractivity contribution < 1.29 is 18.0 Å². The first-order valence-corrected chi connectivity index (χ1v) is 6.00. The van der Waals surface area contributed by atoms with Crippen LogP contribution in [0.2, 0.25) is 0 Å². The van der Waals surface area contributed by atoms with E-state index in [4.69, 9.17) is 5.73 Å². The molecule has 0 radical (unpaired) electrons. The number of anilines is 1. The van der Waals surface area contributed by atoms with Crippen LogP contribution in [0.3, 0.4) is 0 Å². The third-order valence-electron chi connectivity index (χ3n) is 2.80. The van der Waals surface area contributed by atoms with Crippen molar-refractivity contribution in [2.24, 2.45) is 5.73 Å². The van der Waals surface area contributed by atoms with Crippen molar-refractivity contribution in [2.75, 3.05) is 18.5 Å². The molecule has 2 N–H and O–H groups in total. The second-order valence-electron chi connectivity index (χ2n) is 4.24. The van der Waals surface area contributed by atoms with E-state index in [1.165, 1.54) is 17.0 Å². The van der Waals surface area contributed by atoms with Crippen LogP contribution >= 0.6 is 0 Å². The summed E-state index contributed by atoms with van der Waals surface area (Å²) >= 11 is 0. The van der Waals surface area contributed by atoms with Gasteiger partial charge in [0, 0.05) is 19.2 Å². The summed E-state index contributed by atoms with van der Waals surface area (Å²) in [6.07, 6.45) is -2.58. The predicted molar refractivity (Wildman–Crippen MR) is 67.8 cm³/mol. The van der Waals surface area contributed by atoms with Crippen LogP contribution in [-0.4, -0.2) is 19.5 Å². The summed E-state index contributed by atoms with van der Waals surface area (Å²) in [6, 6.07) is 4.53. The third-order valence-corrected chi connectivity index (χ3v) is 2.80. The van der Waals surface area contributed by atoms with Gasteiger partial charge in [0.05, 0.1) is 5.56 Å². The van der Waals surface area contributed by atoms with Gasteiger partial charge in [0.1, 0.15) is 0 Å². The van der Waals surface area contributed by atoms with Crippen LogP contribution in [0.4, 0.5) is 18.9 Å². The molecule has 0 saturated heterocycles. The van der Waals surface area contributed by atoms with Gasteiger partial charge in [0.2, 0.25) is 5.91 Å². The fourth-order valence-electron chi connectivity index (χ4n) is 1.61. The number of nitrogens with two attached hydrogens (primary N) is 1. The molecule has 6 heteroatoms. The number of unbranched alkanes of at least 4 members (excludes halogenated alkanes) is 1. The maximum atomic E-state index is 12.4. The lowest BCUT2D eigenvalue weighted by atomic mass is 10.1. The van der Waals surface area contributed by atoms with Gasteiger partial charge in [-0.15, -0.1) is 0 Å². The normalized spacial score (nSPS) is 11.4. The molecule has 1 aromatic carbocycles. The van der Waals surface area contributed by atoms with Crippen LogP contribution in [0.25, 0.3) is 0 Å². The van der Waals surface area contributed by atoms with Gasteiger partial charge in [-0.2, -0.15) is 13.2 Å². The van der Waals surface area contributed by atoms with Gasteiger partial charge >= 0.3 is 6.18 Å². The first-order valence-electron chi connectivity index (χ1n) is 6.00. The molecule has 0 spiro atoms. The van der Waals surface area contributed by atoms with E-state index < -0.39 is 11.7 Å². The first-order chi connectivity index (χ1) is 8.86. The molecule has 0 fully saturated rings. The molecule has 0 unspecified atom stereocenters. The number of carbonyl (C=O) groups is 1. The molecular formula is C13H17F3N2O. The molecule has 0 aliphatic rings. The summed E-state index contributed by atoms with van der Waals surface area (Å²) < 4.78 is 37.2. The average Bonchev–Trinajstić information content (AvgIpc) is 2.37. The van der Waals surface area contributed by atoms with Crippen molar-refractivity contribution in [1.29, 1.82) is 0 Å². The number of hydrogen-bond donors (Lipinski definition) is 1. The molecule has 0 atom stereocenters. The summed E-state index contributed by atoms with van der Waals surface area (Å²) in [5, 5.41) is 0. The van der Waals surface area contributed by atoms with Crippen molar-refractivity contribution in [3.8, 4) is 0 Å². The molecule has 19 heavy (non-hydrogen) atoms. The van der Waals surface area contributed by atoms with Gasteiger partial charge in [-0.1, -0.05) is 0 Å². The fourth-order valence-corrected chi connectivity index (χ4v) is 1.61. The number of halogens is 3. The lowest BCUT2D eigenvalue weighted by molar-refractivity contribution is -0.137. The van der Waals surface area contributed by atoms with Crippen LogP contribution < -0.4 is 10.6 Å². The van der Waals surface area contributed by atoms with Crippen LogP contribution in [-0.2, 0) is 11.0 Å². The minimum absolute atomic E-state index is 0.131. The number of carbonyl (C=O) groups excluding carboxylic acids is 1. The molecule has 0 heterocycles. The van der Waals surface area contributed by atoms with E-state index in [0.29, 0.717) is 25.1 Å². The number of hydrogen-bond acceptors (Lipinski definition) is 2. The van der Waals surface area contributed by atoms with Crippen LogP contribution in [0.1, 0.15) is 24.8 Å². The molecule has 0 saturated carbocycles. The Balaban J connectivity index is 2.67. The topological polar surface area (TPSA) is 46.3 Å². The maximum absolute atomic E-state index is 12.4. The van der Waals surface area contributed by atoms with Gasteiger partial charge in [-0.05, 0) is 43.7 Å². The van der Waals surface area contributed by atoms with Gasteiger partial charge in [-0.25, -0.2) is 0 Å². The van der Waals surface area contributed by atoms with Gasteiger partial charge in [0.25, 0.3) is 0 Å². The van der Waals surface area contributed by atoms with E-state index in [-0.39, 0.29) is 5.91 Å². The standard InChI is InChI=1S/C13H17F3N2O/c1-18(12(19)4-2-3-9-17)11-7-5-10(6-8-11)13(14,15)16/h5-8H,2-4,9,17H2,1H3. The zero-order valence-corrected chi connectivity index (χ0v) is 10.7. The second-order valence-corrected chi connectivity index (χ2v) is 4.24. The minimum atomic E-state index is -4.36. The molecular weight excluding hydrogens is 257 g/mol. The number of rotatable bonds is 5. The van der Waals surface area contributed by atoms with Crippen LogP contribution in [0.15, 0.2) is 24.3 Å². The summed E-state index contributed by atoms with van der Waals surface area (Å²) in [5.41, 5.74) is 5.06. The summed E-state index contributed by atoms with van der Waals surface area (Å²) in [4.78, 5) is 13.1. The zero-order valence-electron chi connectivity index (χ0n) is 10.7. The smallest absolute Gasteiger partial charge is 0.330 e. The number of amides is 1. The van der Waals surface area contributed by atoms with Crippen LogP contribution in [0.5, 0.6) is 0 Å². The van der Waals surface area contributed by atoms with E-state index in [2.05, 4.69) is 0 Å². The van der Waals surface area contributed by atoms with E-state index in [9.17, 15) is 18.0 Å².